The third-order valence-corrected chi connectivity index (χ3v) is 12.7. The molecule has 21 heteroatoms. The number of halogens is 4. The van der Waals surface area contributed by atoms with Crippen LogP contribution in [-0.4, -0.2) is 66.0 Å². The van der Waals surface area contributed by atoms with E-state index in [9.17, 15) is 51.4 Å². The number of hydrogen-bond donors (Lipinski definition) is 3. The molecule has 0 aliphatic carbocycles. The molecule has 0 aliphatic rings. The smallest absolute Gasteiger partial charge is 0.870 e. The number of aliphatic carboxylic acids is 1. The van der Waals surface area contributed by atoms with Crippen molar-refractivity contribution in [3.05, 3.63) is 201 Å². The molecular weight excluding hydrogens is 1040 g/mol. The topological polar surface area (TPSA) is 253 Å². The molecule has 8 aromatic rings. The second-order valence-corrected chi connectivity index (χ2v) is 19.2. The molecule has 8 rings (SSSR count). The molecule has 414 valence electrons. The summed E-state index contributed by atoms with van der Waals surface area (Å²) < 4.78 is 65.2. The maximum atomic E-state index is 14.5. The third kappa shape index (κ3) is 15.5. The zero-order valence-electron chi connectivity index (χ0n) is 44.7. The molecule has 0 saturated carbocycles. The summed E-state index contributed by atoms with van der Waals surface area (Å²) in [4.78, 5) is 86.5. The van der Waals surface area contributed by atoms with Gasteiger partial charge in [0.25, 0.3) is 11.1 Å². The Bertz CT molecular complexity index is 3560. The average Bonchev–Trinajstić information content (AvgIpc) is 3.40. The minimum absolute atomic E-state index is 0. The van der Waals surface area contributed by atoms with E-state index < -0.39 is 77.6 Å². The molecule has 4 atom stereocenters. The van der Waals surface area contributed by atoms with E-state index in [2.05, 4.69) is 20.6 Å². The van der Waals surface area contributed by atoms with Crippen LogP contribution in [-0.2, 0) is 23.9 Å². The number of fused-ring (bicyclic) bond motifs is 2. The number of esters is 1. The van der Waals surface area contributed by atoms with E-state index in [0.29, 0.717) is 45.8 Å². The van der Waals surface area contributed by atoms with Gasteiger partial charge < -0.3 is 31.4 Å². The maximum absolute atomic E-state index is 14.5. The fourth-order valence-corrected chi connectivity index (χ4v) is 9.03. The number of hydrogen-bond acceptors (Lipinski definition) is 10. The van der Waals surface area contributed by atoms with Crippen molar-refractivity contribution in [1.29, 1.82) is 0 Å². The number of carboxylic acids is 1. The van der Waals surface area contributed by atoms with E-state index in [4.69, 9.17) is 4.74 Å². The van der Waals surface area contributed by atoms with Crippen molar-refractivity contribution < 1.29 is 76.4 Å². The van der Waals surface area contributed by atoms with Crippen molar-refractivity contribution in [2.75, 3.05) is 7.11 Å². The van der Waals surface area contributed by atoms with Gasteiger partial charge in [-0.05, 0) is 108 Å². The van der Waals surface area contributed by atoms with Crippen LogP contribution in [0.1, 0.15) is 88.7 Å². The van der Waals surface area contributed by atoms with Gasteiger partial charge in [0, 0.05) is 0 Å². The average molecular weight is 1100 g/mol. The van der Waals surface area contributed by atoms with E-state index in [0.717, 1.165) is 24.3 Å². The van der Waals surface area contributed by atoms with E-state index in [-0.39, 0.29) is 81.4 Å². The summed E-state index contributed by atoms with van der Waals surface area (Å²) in [6.45, 7) is 7.66. The largest absolute Gasteiger partial charge is 1.00 e. The van der Waals surface area contributed by atoms with Gasteiger partial charge in [0.2, 0.25) is 11.8 Å². The van der Waals surface area contributed by atoms with Crippen LogP contribution in [0.4, 0.5) is 17.6 Å². The third-order valence-electron chi connectivity index (χ3n) is 12.7. The minimum Gasteiger partial charge on any atom is -0.870 e. The molecule has 0 saturated heterocycles. The first kappa shape index (κ1) is 64.2. The first-order chi connectivity index (χ1) is 36.8. The molecule has 2 amide bonds. The van der Waals surface area contributed by atoms with Crippen molar-refractivity contribution in [2.24, 2.45) is 11.8 Å². The number of carbonyl (C=O) groups excluding carboxylic acids is 3. The summed E-state index contributed by atoms with van der Waals surface area (Å²) in [6.07, 6.45) is 2.60. The van der Waals surface area contributed by atoms with Crippen LogP contribution >= 0.6 is 0 Å². The molecule has 0 aliphatic heterocycles. The van der Waals surface area contributed by atoms with Crippen LogP contribution in [0.3, 0.4) is 0 Å². The Balaban J connectivity index is 0.000000332. The SMILES string of the molecule is CC(C)C[C@@H](C(=O)N[C@@H](CC(=O)O)c1cccc(-c2c(F)cccc2F)c1)n1cnc2ccccc2c1=O.COC(=O)C[C@H](NC(=O)[C@H](CC(C)C)n1cnc2ccccc2c1=O)c1cccc(-c2c(F)cccc2F)c1.O.[Li+].[OH-]. The Hall–Kier alpha value is -8.28. The molecule has 0 radical (unpaired) electrons. The number of ether oxygens (including phenoxy) is 1. The molecule has 0 spiro atoms. The summed E-state index contributed by atoms with van der Waals surface area (Å²) in [7, 11) is 1.23. The summed E-state index contributed by atoms with van der Waals surface area (Å²) in [5.41, 5.74) is 1.06. The van der Waals surface area contributed by atoms with E-state index in [1.807, 2.05) is 27.7 Å². The zero-order chi connectivity index (χ0) is 55.5. The fraction of sp³-hybridized carbons (Fsp3) is 0.254. The van der Waals surface area contributed by atoms with Crippen LogP contribution in [0, 0.1) is 35.1 Å². The predicted octanol–water partition coefficient (Wildman–Crippen LogP) is 6.61. The number of benzene rings is 6. The van der Waals surface area contributed by atoms with E-state index in [1.165, 1.54) is 59.2 Å². The number of nitrogens with one attached hydrogen (secondary N) is 2. The molecule has 0 bridgehead atoms. The first-order valence-corrected chi connectivity index (χ1v) is 24.7. The molecule has 16 nitrogen and oxygen atoms in total. The number of rotatable bonds is 18. The number of carbonyl (C=O) groups is 4. The number of nitrogens with zero attached hydrogens (tertiary/aromatic N) is 4. The molecule has 6 aromatic carbocycles. The van der Waals surface area contributed by atoms with Gasteiger partial charge in [0.05, 0.1) is 77.6 Å². The van der Waals surface area contributed by atoms with Gasteiger partial charge in [-0.15, -0.1) is 0 Å². The minimum atomic E-state index is -1.18. The Morgan fingerprint density at radius 1 is 0.562 bits per heavy atom. The van der Waals surface area contributed by atoms with Gasteiger partial charge in [0.1, 0.15) is 35.4 Å². The van der Waals surface area contributed by atoms with Crippen LogP contribution < -0.4 is 40.6 Å². The van der Waals surface area contributed by atoms with Gasteiger partial charge in [-0.25, -0.2) is 27.5 Å². The van der Waals surface area contributed by atoms with Crippen LogP contribution in [0.2, 0.25) is 0 Å². The summed E-state index contributed by atoms with van der Waals surface area (Å²) in [6, 6.07) is 29.4. The first-order valence-electron chi connectivity index (χ1n) is 24.7. The summed E-state index contributed by atoms with van der Waals surface area (Å²) in [5, 5.41) is 15.9. The molecule has 80 heavy (non-hydrogen) atoms. The van der Waals surface area contributed by atoms with Crippen molar-refractivity contribution in [2.45, 2.75) is 77.5 Å². The molecular formula is C59H59F4LiN6O10. The van der Waals surface area contributed by atoms with Gasteiger partial charge in [-0.2, -0.15) is 0 Å². The Morgan fingerprint density at radius 3 is 1.29 bits per heavy atom. The fourth-order valence-electron chi connectivity index (χ4n) is 9.03. The predicted molar refractivity (Wildman–Crippen MR) is 289 cm³/mol. The van der Waals surface area contributed by atoms with Gasteiger partial charge >= 0.3 is 30.8 Å². The van der Waals surface area contributed by atoms with Crippen molar-refractivity contribution in [1.82, 2.24) is 29.7 Å². The summed E-state index contributed by atoms with van der Waals surface area (Å²) in [5.74, 6) is -5.76. The quantitative estimate of drug-likeness (QED) is 0.0468. The Kier molecular flexibility index (Phi) is 23.4. The van der Waals surface area contributed by atoms with Crippen LogP contribution in [0.5, 0.6) is 0 Å². The summed E-state index contributed by atoms with van der Waals surface area (Å²) >= 11 is 0. The van der Waals surface area contributed by atoms with Gasteiger partial charge in [-0.3, -0.25) is 37.9 Å². The Morgan fingerprint density at radius 2 is 0.925 bits per heavy atom. The number of amides is 2. The number of carboxylic acid groups (broad SMARTS) is 1. The number of methoxy groups -OCH3 is 1. The number of aromatic nitrogens is 4. The molecule has 0 fully saturated rings. The standard InChI is InChI=1S/C30H29F2N3O4.C29H27F2N3O4.Li.2H2O/c1-18(2)14-26(35-17-33-24-13-5-4-10-21(24)30(35)38)29(37)34-25(16-27(36)39-3)19-8-6-9-20(15-19)28-22(31)11-7-12-23(28)32;1-17(2)13-25(34-16-32-23-12-4-3-9-20(23)29(34)38)28(37)33-24(15-26(35)36)18-7-5-8-19(14-18)27-21(30)10-6-11-22(27)31;;;/h4-13,15,17-18,25-26H,14,16H2,1-3H3,(H,34,37);3-12,14,16-17,24-25H,13,15H2,1-2H3,(H,33,37)(H,35,36);;2*1H2/q;;+1;;/p-1/t25-,26-;24-,25-;;;/m00.../s1. The molecule has 6 N–H and O–H groups in total. The van der Waals surface area contributed by atoms with Crippen LogP contribution in [0.15, 0.2) is 156 Å². The molecule has 2 aromatic heterocycles. The number of para-hydroxylation sites is 2. The Labute approximate surface area is 469 Å². The van der Waals surface area contributed by atoms with Crippen molar-refractivity contribution in [3.8, 4) is 22.3 Å². The van der Waals surface area contributed by atoms with E-state index >= 15 is 0 Å². The second kappa shape index (κ2) is 29.1. The van der Waals surface area contributed by atoms with Crippen LogP contribution in [0.25, 0.3) is 44.1 Å². The monoisotopic (exact) mass is 1090 g/mol. The van der Waals surface area contributed by atoms with Crippen molar-refractivity contribution >= 4 is 45.6 Å². The second-order valence-electron chi connectivity index (χ2n) is 19.2. The zero-order valence-corrected chi connectivity index (χ0v) is 44.7. The van der Waals surface area contributed by atoms with Gasteiger partial charge in [0.15, 0.2) is 0 Å². The normalized spacial score (nSPS) is 12.3. The molecule has 0 unspecified atom stereocenters. The molecule has 2 heterocycles. The van der Waals surface area contributed by atoms with Gasteiger partial charge in [-0.1, -0.05) is 100 Å². The van der Waals surface area contributed by atoms with E-state index in [1.54, 1.807) is 78.9 Å². The van der Waals surface area contributed by atoms with Crippen molar-refractivity contribution in [3.63, 3.8) is 0 Å². The maximum Gasteiger partial charge on any atom is 1.00 e.